The molecule has 0 aliphatic carbocycles. The van der Waals surface area contributed by atoms with E-state index in [0.29, 0.717) is 0 Å². The lowest BCUT2D eigenvalue weighted by Gasteiger charge is -1.98. The van der Waals surface area contributed by atoms with E-state index >= 15 is 0 Å². The number of hydrogen-bond acceptors (Lipinski definition) is 0. The van der Waals surface area contributed by atoms with E-state index < -0.39 is 0 Å². The van der Waals surface area contributed by atoms with Gasteiger partial charge in [-0.05, 0) is 26.2 Å². The molecular weight excluding hydrogens is 160 g/mol. The number of allylic oxidation sites excluding steroid dienone is 2. The maximum atomic E-state index is 10.1. The molecule has 0 fully saturated rings. The van der Waals surface area contributed by atoms with Crippen molar-refractivity contribution in [2.45, 2.75) is 58.3 Å². The third-order valence-corrected chi connectivity index (χ3v) is 2.25. The fraction of sp³-hybridized carbons (Fsp3) is 0.833. The SMILES string of the molecule is CC=CCCCCCCCCC[O]. The first-order valence-electron chi connectivity index (χ1n) is 5.61. The Morgan fingerprint density at radius 3 is 1.92 bits per heavy atom. The van der Waals surface area contributed by atoms with Crippen molar-refractivity contribution >= 4 is 0 Å². The van der Waals surface area contributed by atoms with Crippen LogP contribution in [0.3, 0.4) is 0 Å². The summed E-state index contributed by atoms with van der Waals surface area (Å²) >= 11 is 0. The van der Waals surface area contributed by atoms with E-state index in [9.17, 15) is 5.11 Å². The number of hydrogen-bond donors (Lipinski definition) is 0. The molecule has 0 aromatic heterocycles. The van der Waals surface area contributed by atoms with Crippen LogP contribution < -0.4 is 0 Å². The Labute approximate surface area is 82.9 Å². The third kappa shape index (κ3) is 11.7. The van der Waals surface area contributed by atoms with E-state index in [0.717, 1.165) is 12.8 Å². The Balaban J connectivity index is 2.83. The minimum absolute atomic E-state index is 0.112. The molecule has 1 nitrogen and oxygen atoms in total. The van der Waals surface area contributed by atoms with Crippen LogP contribution in [0, 0.1) is 0 Å². The van der Waals surface area contributed by atoms with Crippen LogP contribution in [0.2, 0.25) is 0 Å². The van der Waals surface area contributed by atoms with E-state index in [-0.39, 0.29) is 6.61 Å². The molecule has 0 aromatic rings. The van der Waals surface area contributed by atoms with Crippen LogP contribution in [0.1, 0.15) is 58.3 Å². The molecule has 0 aliphatic heterocycles. The number of unbranched alkanes of at least 4 members (excludes halogenated alkanes) is 7. The lowest BCUT2D eigenvalue weighted by atomic mass is 10.1. The summed E-state index contributed by atoms with van der Waals surface area (Å²) in [6, 6.07) is 0. The van der Waals surface area contributed by atoms with Gasteiger partial charge in [0.25, 0.3) is 0 Å². The fourth-order valence-electron chi connectivity index (χ4n) is 1.41. The highest BCUT2D eigenvalue weighted by molar-refractivity contribution is 4.76. The summed E-state index contributed by atoms with van der Waals surface area (Å²) in [7, 11) is 0. The van der Waals surface area contributed by atoms with Crippen LogP contribution in [0.15, 0.2) is 12.2 Å². The van der Waals surface area contributed by atoms with Crippen LogP contribution in [0.4, 0.5) is 0 Å². The van der Waals surface area contributed by atoms with Gasteiger partial charge in [0.15, 0.2) is 0 Å². The van der Waals surface area contributed by atoms with Gasteiger partial charge in [-0.15, -0.1) is 0 Å². The molecule has 0 saturated heterocycles. The highest BCUT2D eigenvalue weighted by Gasteiger charge is 1.90. The van der Waals surface area contributed by atoms with E-state index in [1.165, 1.54) is 38.5 Å². The van der Waals surface area contributed by atoms with Crippen molar-refractivity contribution in [1.29, 1.82) is 0 Å². The molecule has 13 heavy (non-hydrogen) atoms. The summed E-state index contributed by atoms with van der Waals surface area (Å²) in [5.74, 6) is 0. The Morgan fingerprint density at radius 1 is 0.846 bits per heavy atom. The van der Waals surface area contributed by atoms with Crippen molar-refractivity contribution in [2.24, 2.45) is 0 Å². The fourth-order valence-corrected chi connectivity index (χ4v) is 1.41. The molecule has 0 rings (SSSR count). The molecule has 0 unspecified atom stereocenters. The average Bonchev–Trinajstić information content (AvgIpc) is 2.16. The minimum Gasteiger partial charge on any atom is -0.237 e. The molecule has 1 heteroatoms. The monoisotopic (exact) mass is 183 g/mol. The largest absolute Gasteiger partial charge is 0.237 e. The molecule has 0 aliphatic rings. The van der Waals surface area contributed by atoms with Crippen LogP contribution >= 0.6 is 0 Å². The van der Waals surface area contributed by atoms with Gasteiger partial charge < -0.3 is 0 Å². The van der Waals surface area contributed by atoms with Crippen molar-refractivity contribution in [3.63, 3.8) is 0 Å². The van der Waals surface area contributed by atoms with E-state index in [4.69, 9.17) is 0 Å². The van der Waals surface area contributed by atoms with Gasteiger partial charge in [0.2, 0.25) is 0 Å². The molecule has 0 amide bonds. The Hall–Kier alpha value is -0.300. The topological polar surface area (TPSA) is 19.9 Å². The highest BCUT2D eigenvalue weighted by atomic mass is 16.2. The second-order valence-electron chi connectivity index (χ2n) is 3.54. The smallest absolute Gasteiger partial charge is 0.0822 e. The first-order chi connectivity index (χ1) is 6.41. The average molecular weight is 183 g/mol. The van der Waals surface area contributed by atoms with E-state index in [2.05, 4.69) is 19.1 Å². The zero-order valence-corrected chi connectivity index (χ0v) is 8.93. The van der Waals surface area contributed by atoms with Gasteiger partial charge in [-0.25, -0.2) is 5.11 Å². The predicted octanol–water partition coefficient (Wildman–Crippen LogP) is 4.11. The van der Waals surface area contributed by atoms with Crippen molar-refractivity contribution in [3.8, 4) is 0 Å². The quantitative estimate of drug-likeness (QED) is 0.378. The molecule has 0 N–H and O–H groups in total. The Morgan fingerprint density at radius 2 is 1.38 bits per heavy atom. The summed E-state index contributed by atoms with van der Waals surface area (Å²) in [6.45, 7) is 2.18. The summed E-state index contributed by atoms with van der Waals surface area (Å²) in [5.41, 5.74) is 0. The van der Waals surface area contributed by atoms with Gasteiger partial charge in [0.1, 0.15) is 0 Å². The van der Waals surface area contributed by atoms with Crippen LogP contribution in [-0.4, -0.2) is 6.61 Å². The second kappa shape index (κ2) is 11.7. The first kappa shape index (κ1) is 12.7. The molecule has 0 atom stereocenters. The molecule has 0 heterocycles. The zero-order chi connectivity index (χ0) is 9.78. The van der Waals surface area contributed by atoms with Crippen LogP contribution in [-0.2, 0) is 5.11 Å². The molecule has 1 radical (unpaired) electrons. The van der Waals surface area contributed by atoms with Crippen LogP contribution in [0.25, 0.3) is 0 Å². The summed E-state index contributed by atoms with van der Waals surface area (Å²) in [6.07, 6.45) is 14.2. The molecule has 0 aromatic carbocycles. The van der Waals surface area contributed by atoms with Crippen molar-refractivity contribution in [1.82, 2.24) is 0 Å². The van der Waals surface area contributed by atoms with Gasteiger partial charge in [0, 0.05) is 0 Å². The third-order valence-electron chi connectivity index (χ3n) is 2.25. The van der Waals surface area contributed by atoms with Gasteiger partial charge in [-0.1, -0.05) is 44.3 Å². The lowest BCUT2D eigenvalue weighted by molar-refractivity contribution is 0.186. The maximum Gasteiger partial charge on any atom is 0.0822 e. The first-order valence-corrected chi connectivity index (χ1v) is 5.61. The highest BCUT2D eigenvalue weighted by Crippen LogP contribution is 2.08. The standard InChI is InChI=1S/C12H23O/c1-2-3-4-5-6-7-8-9-10-11-12-13/h2-3H,4-12H2,1H3. The molecular formula is C12H23O. The van der Waals surface area contributed by atoms with Gasteiger partial charge in [-0.2, -0.15) is 0 Å². The molecule has 0 saturated carbocycles. The van der Waals surface area contributed by atoms with E-state index in [1.807, 2.05) is 0 Å². The predicted molar refractivity (Wildman–Crippen MR) is 57.3 cm³/mol. The van der Waals surface area contributed by atoms with E-state index in [1.54, 1.807) is 0 Å². The second-order valence-corrected chi connectivity index (χ2v) is 3.54. The van der Waals surface area contributed by atoms with Gasteiger partial charge in [0.05, 0.1) is 6.61 Å². The Bertz CT molecular complexity index is 108. The molecule has 0 bridgehead atoms. The maximum absolute atomic E-state index is 10.1. The summed E-state index contributed by atoms with van der Waals surface area (Å²) in [4.78, 5) is 0. The zero-order valence-electron chi connectivity index (χ0n) is 8.93. The normalized spacial score (nSPS) is 11.2. The van der Waals surface area contributed by atoms with Gasteiger partial charge in [-0.3, -0.25) is 0 Å². The van der Waals surface area contributed by atoms with Crippen molar-refractivity contribution in [2.75, 3.05) is 6.61 Å². The summed E-state index contributed by atoms with van der Waals surface area (Å²) < 4.78 is 0. The lowest BCUT2D eigenvalue weighted by Crippen LogP contribution is -1.82. The van der Waals surface area contributed by atoms with Gasteiger partial charge >= 0.3 is 0 Å². The van der Waals surface area contributed by atoms with Crippen molar-refractivity contribution < 1.29 is 5.11 Å². The van der Waals surface area contributed by atoms with Crippen molar-refractivity contribution in [3.05, 3.63) is 12.2 Å². The Kier molecular flexibility index (Phi) is 11.4. The number of rotatable bonds is 9. The molecule has 0 spiro atoms. The summed E-state index contributed by atoms with van der Waals surface area (Å²) in [5, 5.41) is 10.1. The molecule has 77 valence electrons. The minimum atomic E-state index is 0.112. The van der Waals surface area contributed by atoms with Crippen LogP contribution in [0.5, 0.6) is 0 Å².